The highest BCUT2D eigenvalue weighted by molar-refractivity contribution is 7.99. The lowest BCUT2D eigenvalue weighted by atomic mass is 10.1. The SMILES string of the molecule is Cc1nnc(SCC(=O)N[C@@H](C)c2ccc(-n3ccnc3)cc2)n1-c1ccccc1. The van der Waals surface area contributed by atoms with Crippen LogP contribution in [-0.4, -0.2) is 36.0 Å². The zero-order valence-corrected chi connectivity index (χ0v) is 17.6. The Kier molecular flexibility index (Phi) is 5.94. The van der Waals surface area contributed by atoms with Gasteiger partial charge in [0.05, 0.1) is 18.1 Å². The molecule has 0 bridgehead atoms. The molecular formula is C22H22N6OS. The van der Waals surface area contributed by atoms with Gasteiger partial charge in [-0.1, -0.05) is 42.1 Å². The van der Waals surface area contributed by atoms with Gasteiger partial charge >= 0.3 is 0 Å². The fourth-order valence-corrected chi connectivity index (χ4v) is 3.96. The first-order chi connectivity index (χ1) is 14.6. The van der Waals surface area contributed by atoms with Crippen molar-refractivity contribution in [3.8, 4) is 11.4 Å². The number of nitrogens with zero attached hydrogens (tertiary/aromatic N) is 5. The van der Waals surface area contributed by atoms with E-state index in [9.17, 15) is 4.79 Å². The van der Waals surface area contributed by atoms with Gasteiger partial charge in [-0.15, -0.1) is 10.2 Å². The number of hydrogen-bond donors (Lipinski definition) is 1. The van der Waals surface area contributed by atoms with Crippen LogP contribution in [0.5, 0.6) is 0 Å². The molecule has 1 N–H and O–H groups in total. The molecule has 2 aromatic heterocycles. The lowest BCUT2D eigenvalue weighted by Gasteiger charge is -2.15. The van der Waals surface area contributed by atoms with Crippen molar-refractivity contribution < 1.29 is 4.79 Å². The van der Waals surface area contributed by atoms with Crippen LogP contribution in [0.1, 0.15) is 24.4 Å². The number of rotatable bonds is 7. The third kappa shape index (κ3) is 4.44. The summed E-state index contributed by atoms with van der Waals surface area (Å²) in [5, 5.41) is 12.1. The second-order valence-corrected chi connectivity index (χ2v) is 7.78. The molecule has 0 fully saturated rings. The van der Waals surface area contributed by atoms with Crippen molar-refractivity contribution in [2.75, 3.05) is 5.75 Å². The standard InChI is InChI=1S/C22H22N6OS/c1-16(18-8-10-19(11-9-18)27-13-12-23-15-27)24-21(29)14-30-22-26-25-17(2)28(22)20-6-4-3-5-7-20/h3-13,15-16H,14H2,1-2H3,(H,24,29)/t16-/m0/s1. The van der Waals surface area contributed by atoms with E-state index in [0.29, 0.717) is 5.16 Å². The molecule has 2 aromatic carbocycles. The summed E-state index contributed by atoms with van der Waals surface area (Å²) in [5.41, 5.74) is 3.05. The van der Waals surface area contributed by atoms with Crippen molar-refractivity contribution in [3.63, 3.8) is 0 Å². The minimum absolute atomic E-state index is 0.0496. The second-order valence-electron chi connectivity index (χ2n) is 6.84. The highest BCUT2D eigenvalue weighted by Gasteiger charge is 2.15. The minimum atomic E-state index is -0.0938. The number of carbonyl (C=O) groups excluding carboxylic acids is 1. The molecule has 0 saturated heterocycles. The van der Waals surface area contributed by atoms with E-state index in [1.807, 2.05) is 83.8 Å². The molecule has 0 aliphatic heterocycles. The van der Waals surface area contributed by atoms with Gasteiger partial charge < -0.3 is 9.88 Å². The van der Waals surface area contributed by atoms with Gasteiger partial charge in [-0.05, 0) is 43.7 Å². The Labute approximate surface area is 179 Å². The van der Waals surface area contributed by atoms with E-state index in [0.717, 1.165) is 22.8 Å². The molecular weight excluding hydrogens is 396 g/mol. The minimum Gasteiger partial charge on any atom is -0.349 e. The topological polar surface area (TPSA) is 77.6 Å². The predicted molar refractivity (Wildman–Crippen MR) is 117 cm³/mol. The van der Waals surface area contributed by atoms with Gasteiger partial charge in [-0.25, -0.2) is 4.98 Å². The van der Waals surface area contributed by atoms with E-state index >= 15 is 0 Å². The number of imidazole rings is 1. The molecule has 0 unspecified atom stereocenters. The van der Waals surface area contributed by atoms with Crippen molar-refractivity contribution in [1.82, 2.24) is 29.6 Å². The lowest BCUT2D eigenvalue weighted by molar-refractivity contribution is -0.119. The van der Waals surface area contributed by atoms with Crippen molar-refractivity contribution in [2.24, 2.45) is 0 Å². The van der Waals surface area contributed by atoms with Crippen LogP contribution < -0.4 is 5.32 Å². The van der Waals surface area contributed by atoms with Gasteiger partial charge in [0.2, 0.25) is 5.91 Å². The molecule has 152 valence electrons. The first-order valence-corrected chi connectivity index (χ1v) is 10.6. The van der Waals surface area contributed by atoms with E-state index in [-0.39, 0.29) is 17.7 Å². The smallest absolute Gasteiger partial charge is 0.230 e. The van der Waals surface area contributed by atoms with E-state index in [1.54, 1.807) is 12.5 Å². The lowest BCUT2D eigenvalue weighted by Crippen LogP contribution is -2.28. The quantitative estimate of drug-likeness (QED) is 0.463. The van der Waals surface area contributed by atoms with E-state index in [1.165, 1.54) is 11.8 Å². The summed E-state index contributed by atoms with van der Waals surface area (Å²) < 4.78 is 3.89. The van der Waals surface area contributed by atoms with Crippen molar-refractivity contribution in [1.29, 1.82) is 0 Å². The first-order valence-electron chi connectivity index (χ1n) is 9.59. The van der Waals surface area contributed by atoms with Crippen LogP contribution in [0.2, 0.25) is 0 Å². The molecule has 0 radical (unpaired) electrons. The van der Waals surface area contributed by atoms with Crippen molar-refractivity contribution in [2.45, 2.75) is 25.0 Å². The summed E-state index contributed by atoms with van der Waals surface area (Å²) in [6.45, 7) is 3.88. The summed E-state index contributed by atoms with van der Waals surface area (Å²) >= 11 is 1.38. The monoisotopic (exact) mass is 418 g/mol. The maximum absolute atomic E-state index is 12.5. The van der Waals surface area contributed by atoms with Crippen LogP contribution in [0.3, 0.4) is 0 Å². The van der Waals surface area contributed by atoms with Crippen LogP contribution in [0, 0.1) is 6.92 Å². The van der Waals surface area contributed by atoms with Gasteiger partial charge in [0.1, 0.15) is 5.82 Å². The largest absolute Gasteiger partial charge is 0.349 e. The molecule has 4 aromatic rings. The van der Waals surface area contributed by atoms with Gasteiger partial charge in [0.25, 0.3) is 0 Å². The van der Waals surface area contributed by atoms with Crippen LogP contribution >= 0.6 is 11.8 Å². The second kappa shape index (κ2) is 8.96. The van der Waals surface area contributed by atoms with Gasteiger partial charge in [-0.3, -0.25) is 9.36 Å². The number of benzene rings is 2. The number of nitrogens with one attached hydrogen (secondary N) is 1. The third-order valence-electron chi connectivity index (χ3n) is 4.72. The summed E-state index contributed by atoms with van der Waals surface area (Å²) in [6.07, 6.45) is 5.40. The van der Waals surface area contributed by atoms with E-state index in [4.69, 9.17) is 0 Å². The predicted octanol–water partition coefficient (Wildman–Crippen LogP) is 3.73. The van der Waals surface area contributed by atoms with E-state index < -0.39 is 0 Å². The molecule has 0 aliphatic rings. The molecule has 2 heterocycles. The number of thioether (sulfide) groups is 1. The van der Waals surface area contributed by atoms with Crippen LogP contribution in [-0.2, 0) is 4.79 Å². The zero-order valence-electron chi connectivity index (χ0n) is 16.8. The van der Waals surface area contributed by atoms with Crippen LogP contribution in [0.4, 0.5) is 0 Å². The van der Waals surface area contributed by atoms with Crippen LogP contribution in [0.15, 0.2) is 78.5 Å². The summed E-state index contributed by atoms with van der Waals surface area (Å²) in [5.74, 6) is 1.00. The number of carbonyl (C=O) groups is 1. The van der Waals surface area contributed by atoms with Crippen molar-refractivity contribution in [3.05, 3.63) is 84.7 Å². The summed E-state index contributed by atoms with van der Waals surface area (Å²) in [4.78, 5) is 16.6. The Balaban J connectivity index is 1.36. The van der Waals surface area contributed by atoms with Gasteiger partial charge in [0, 0.05) is 23.8 Å². The average molecular weight is 419 g/mol. The molecule has 0 saturated carbocycles. The normalized spacial score (nSPS) is 11.9. The molecule has 1 atom stereocenters. The third-order valence-corrected chi connectivity index (χ3v) is 5.64. The number of aryl methyl sites for hydroxylation is 1. The fraction of sp³-hybridized carbons (Fsp3) is 0.182. The molecule has 0 aliphatic carbocycles. The van der Waals surface area contributed by atoms with E-state index in [2.05, 4.69) is 20.5 Å². The molecule has 1 amide bonds. The Morgan fingerprint density at radius 1 is 1.07 bits per heavy atom. The molecule has 8 heteroatoms. The summed E-state index contributed by atoms with van der Waals surface area (Å²) in [7, 11) is 0. The fourth-order valence-electron chi connectivity index (χ4n) is 3.15. The Hall–Kier alpha value is -3.39. The number of para-hydroxylation sites is 1. The molecule has 0 spiro atoms. The first kappa shape index (κ1) is 19.9. The molecule has 30 heavy (non-hydrogen) atoms. The zero-order chi connectivity index (χ0) is 20.9. The summed E-state index contributed by atoms with van der Waals surface area (Å²) in [6, 6.07) is 17.9. The van der Waals surface area contributed by atoms with Crippen molar-refractivity contribution >= 4 is 17.7 Å². The number of hydrogen-bond acceptors (Lipinski definition) is 5. The Morgan fingerprint density at radius 2 is 1.83 bits per heavy atom. The number of amides is 1. The molecule has 7 nitrogen and oxygen atoms in total. The average Bonchev–Trinajstić information content (AvgIpc) is 3.43. The Bertz CT molecular complexity index is 1110. The maximum Gasteiger partial charge on any atom is 0.230 e. The Morgan fingerprint density at radius 3 is 2.53 bits per heavy atom. The maximum atomic E-state index is 12.5. The van der Waals surface area contributed by atoms with Gasteiger partial charge in [0.15, 0.2) is 5.16 Å². The van der Waals surface area contributed by atoms with Gasteiger partial charge in [-0.2, -0.15) is 0 Å². The highest BCUT2D eigenvalue weighted by Crippen LogP contribution is 2.22. The highest BCUT2D eigenvalue weighted by atomic mass is 32.2. The molecule has 4 rings (SSSR count). The van der Waals surface area contributed by atoms with Crippen LogP contribution in [0.25, 0.3) is 11.4 Å². The number of aromatic nitrogens is 5.